The molecule has 0 radical (unpaired) electrons. The third-order valence-electron chi connectivity index (χ3n) is 5.75. The number of carbonyl (C=O) groups excluding carboxylic acids is 4. The van der Waals surface area contributed by atoms with Crippen molar-refractivity contribution in [1.29, 1.82) is 0 Å². The Labute approximate surface area is 230 Å². The Balaban J connectivity index is 1.97. The first-order chi connectivity index (χ1) is 18.5. The van der Waals surface area contributed by atoms with Crippen molar-refractivity contribution in [1.82, 2.24) is 10.2 Å². The Hall–Kier alpha value is -3.58. The molecule has 0 bridgehead atoms. The van der Waals surface area contributed by atoms with E-state index in [0.717, 1.165) is 42.5 Å². The number of H-pyrrole nitrogens is 1. The predicted molar refractivity (Wildman–Crippen MR) is 137 cm³/mol. The first-order valence-corrected chi connectivity index (χ1v) is 13.3. The molecule has 1 N–H and O–H groups in total. The van der Waals surface area contributed by atoms with E-state index in [1.165, 1.54) is 6.92 Å². The van der Waals surface area contributed by atoms with Gasteiger partial charge in [0.15, 0.2) is 12.2 Å². The van der Waals surface area contributed by atoms with Crippen molar-refractivity contribution in [2.45, 2.75) is 76.6 Å². The second-order valence-electron chi connectivity index (χ2n) is 8.84. The number of hydrogen-bond donors (Lipinski definition) is 1. The molecule has 1 aromatic heterocycles. The molecule has 1 fully saturated rings. The van der Waals surface area contributed by atoms with Gasteiger partial charge in [-0.15, -0.1) is 16.9 Å². The van der Waals surface area contributed by atoms with Gasteiger partial charge in [-0.1, -0.05) is 12.1 Å². The number of nitrogens with zero attached hydrogens (tertiary/aromatic N) is 1. The molecule has 1 aliphatic heterocycles. The summed E-state index contributed by atoms with van der Waals surface area (Å²) >= 11 is 1.63. The highest BCUT2D eigenvalue weighted by Gasteiger charge is 2.53. The Morgan fingerprint density at radius 2 is 1.49 bits per heavy atom. The summed E-state index contributed by atoms with van der Waals surface area (Å²) in [5, 5.41) is 7.14. The summed E-state index contributed by atoms with van der Waals surface area (Å²) in [5.41, 5.74) is 2.47. The van der Waals surface area contributed by atoms with E-state index in [9.17, 15) is 19.2 Å². The summed E-state index contributed by atoms with van der Waals surface area (Å²) in [6.07, 6.45) is -3.99. The van der Waals surface area contributed by atoms with E-state index < -0.39 is 54.6 Å². The van der Waals surface area contributed by atoms with E-state index >= 15 is 0 Å². The molecule has 1 saturated heterocycles. The molecular weight excluding hydrogens is 532 g/mol. The molecule has 212 valence electrons. The smallest absolute Gasteiger partial charge is 0.303 e. The molecule has 1 aromatic carbocycles. The number of thioether (sulfide) groups is 1. The Bertz CT molecular complexity index is 1180. The number of rotatable bonds is 10. The van der Waals surface area contributed by atoms with Crippen LogP contribution < -0.4 is 4.74 Å². The lowest BCUT2D eigenvalue weighted by atomic mass is 9.98. The van der Waals surface area contributed by atoms with Crippen molar-refractivity contribution < 1.29 is 47.6 Å². The molecule has 13 heteroatoms. The number of ether oxygens (including phenoxy) is 6. The van der Waals surface area contributed by atoms with Crippen LogP contribution >= 0.6 is 11.8 Å². The molecule has 5 atom stereocenters. The van der Waals surface area contributed by atoms with Crippen LogP contribution in [0.25, 0.3) is 0 Å². The minimum absolute atomic E-state index is 0.169. The summed E-state index contributed by atoms with van der Waals surface area (Å²) in [4.78, 5) is 48.6. The predicted octanol–water partition coefficient (Wildman–Crippen LogP) is 2.49. The molecule has 0 spiro atoms. The van der Waals surface area contributed by atoms with Crippen LogP contribution in [-0.4, -0.2) is 77.6 Å². The maximum atomic E-state index is 12.1. The van der Waals surface area contributed by atoms with Crippen LogP contribution in [0, 0.1) is 6.92 Å². The van der Waals surface area contributed by atoms with Gasteiger partial charge in [0.05, 0.1) is 0 Å². The van der Waals surface area contributed by atoms with Crippen LogP contribution in [0.15, 0.2) is 29.2 Å². The fraction of sp³-hybridized carbons (Fsp3) is 0.500. The molecule has 0 amide bonds. The molecule has 12 nitrogen and oxygen atoms in total. The van der Waals surface area contributed by atoms with E-state index in [1.807, 2.05) is 37.4 Å². The summed E-state index contributed by atoms with van der Waals surface area (Å²) < 4.78 is 33.5. The fourth-order valence-electron chi connectivity index (χ4n) is 4.08. The van der Waals surface area contributed by atoms with Gasteiger partial charge < -0.3 is 28.4 Å². The molecule has 1 aliphatic rings. The number of hydrogen-bond acceptors (Lipinski definition) is 12. The van der Waals surface area contributed by atoms with Gasteiger partial charge in [0, 0.05) is 50.3 Å². The zero-order valence-corrected chi connectivity index (χ0v) is 23.4. The zero-order chi connectivity index (χ0) is 28.7. The Kier molecular flexibility index (Phi) is 10.4. The Morgan fingerprint density at radius 3 is 2.05 bits per heavy atom. The SMILES string of the molecule is CSc1ccc(Cc2c(O[C@@H]3O[C@H](COC(C)=O)[C@@H](OC(C)=O)[C@H](OC(C)=O)[C@H]3OC(C)=O)n[nH]c2C)cc1. The lowest BCUT2D eigenvalue weighted by Crippen LogP contribution is -2.63. The highest BCUT2D eigenvalue weighted by atomic mass is 32.2. The van der Waals surface area contributed by atoms with Gasteiger partial charge in [-0.3, -0.25) is 24.3 Å². The minimum atomic E-state index is -1.37. The third kappa shape index (κ3) is 8.20. The molecule has 0 aliphatic carbocycles. The number of benzene rings is 1. The number of esters is 4. The van der Waals surface area contributed by atoms with Gasteiger partial charge in [-0.25, -0.2) is 0 Å². The number of nitrogens with one attached hydrogen (secondary N) is 1. The number of aromatic amines is 1. The summed E-state index contributed by atoms with van der Waals surface area (Å²) in [6, 6.07) is 8.01. The maximum Gasteiger partial charge on any atom is 0.303 e. The second kappa shape index (κ2) is 13.5. The normalized spacial score (nSPS) is 22.5. The van der Waals surface area contributed by atoms with E-state index in [1.54, 1.807) is 11.8 Å². The minimum Gasteiger partial charge on any atom is -0.463 e. The molecular formula is C26H32N2O10S. The van der Waals surface area contributed by atoms with E-state index in [2.05, 4.69) is 10.2 Å². The first-order valence-electron chi connectivity index (χ1n) is 12.1. The van der Waals surface area contributed by atoms with E-state index in [4.69, 9.17) is 28.4 Å². The van der Waals surface area contributed by atoms with Gasteiger partial charge in [0.25, 0.3) is 0 Å². The van der Waals surface area contributed by atoms with E-state index in [0.29, 0.717) is 6.42 Å². The molecule has 39 heavy (non-hydrogen) atoms. The lowest BCUT2D eigenvalue weighted by Gasteiger charge is -2.43. The standard InChI is InChI=1S/C26H32N2O10S/c1-13-20(11-18-7-9-19(39-6)10-8-18)25(28-27-13)38-26-24(36-17(5)32)23(35-16(4)31)22(34-15(3)30)21(37-26)12-33-14(2)29/h7-10,21-24,26H,11-12H2,1-6H3,(H,27,28)/t21-,22-,23+,24-,26+/m1/s1. The van der Waals surface area contributed by atoms with Crippen molar-refractivity contribution in [3.63, 3.8) is 0 Å². The molecule has 0 unspecified atom stereocenters. The van der Waals surface area contributed by atoms with Crippen LogP contribution in [0.4, 0.5) is 0 Å². The van der Waals surface area contributed by atoms with Crippen molar-refractivity contribution in [2.75, 3.05) is 12.9 Å². The van der Waals surface area contributed by atoms with Gasteiger partial charge in [0.1, 0.15) is 12.7 Å². The first kappa shape index (κ1) is 30.0. The summed E-state index contributed by atoms with van der Waals surface area (Å²) in [6.45, 7) is 6.15. The van der Waals surface area contributed by atoms with Crippen LogP contribution in [0.3, 0.4) is 0 Å². The number of aromatic nitrogens is 2. The average Bonchev–Trinajstić information content (AvgIpc) is 3.19. The molecule has 3 rings (SSSR count). The number of aryl methyl sites for hydroxylation is 1. The van der Waals surface area contributed by atoms with Crippen LogP contribution in [-0.2, 0) is 49.3 Å². The monoisotopic (exact) mass is 564 g/mol. The van der Waals surface area contributed by atoms with Gasteiger partial charge in [-0.05, 0) is 30.9 Å². The van der Waals surface area contributed by atoms with Crippen LogP contribution in [0.1, 0.15) is 44.5 Å². The van der Waals surface area contributed by atoms with Gasteiger partial charge >= 0.3 is 23.9 Å². The van der Waals surface area contributed by atoms with Crippen molar-refractivity contribution >= 4 is 35.6 Å². The second-order valence-corrected chi connectivity index (χ2v) is 9.72. The lowest BCUT2D eigenvalue weighted by molar-refractivity contribution is -0.289. The molecule has 2 aromatic rings. The molecule has 2 heterocycles. The summed E-state index contributed by atoms with van der Waals surface area (Å²) in [5.74, 6) is -2.61. The molecule has 0 saturated carbocycles. The number of carbonyl (C=O) groups is 4. The van der Waals surface area contributed by atoms with Crippen molar-refractivity contribution in [3.05, 3.63) is 41.1 Å². The van der Waals surface area contributed by atoms with Gasteiger partial charge in [0.2, 0.25) is 18.3 Å². The maximum absolute atomic E-state index is 12.1. The summed E-state index contributed by atoms with van der Waals surface area (Å²) in [7, 11) is 0. The highest BCUT2D eigenvalue weighted by Crippen LogP contribution is 2.32. The van der Waals surface area contributed by atoms with E-state index in [-0.39, 0.29) is 12.5 Å². The van der Waals surface area contributed by atoms with Crippen LogP contribution in [0.5, 0.6) is 5.88 Å². The van der Waals surface area contributed by atoms with Gasteiger partial charge in [-0.2, -0.15) is 0 Å². The quantitative estimate of drug-likeness (QED) is 0.256. The fourth-order valence-corrected chi connectivity index (χ4v) is 4.49. The largest absolute Gasteiger partial charge is 0.463 e. The third-order valence-corrected chi connectivity index (χ3v) is 6.50. The topological polar surface area (TPSA) is 152 Å². The highest BCUT2D eigenvalue weighted by molar-refractivity contribution is 7.98. The Morgan fingerprint density at radius 1 is 0.897 bits per heavy atom. The average molecular weight is 565 g/mol. The van der Waals surface area contributed by atoms with Crippen molar-refractivity contribution in [3.8, 4) is 5.88 Å². The zero-order valence-electron chi connectivity index (χ0n) is 22.5. The van der Waals surface area contributed by atoms with Crippen LogP contribution in [0.2, 0.25) is 0 Å². The van der Waals surface area contributed by atoms with Crippen molar-refractivity contribution in [2.24, 2.45) is 0 Å².